The second-order valence-electron chi connectivity index (χ2n) is 5.16. The van der Waals surface area contributed by atoms with E-state index in [9.17, 15) is 9.59 Å². The molecular weight excluding hydrogens is 276 g/mol. The van der Waals surface area contributed by atoms with E-state index in [1.54, 1.807) is 6.07 Å². The highest BCUT2D eigenvalue weighted by molar-refractivity contribution is 7.17. The molecule has 2 heterocycles. The summed E-state index contributed by atoms with van der Waals surface area (Å²) in [6.45, 7) is 0.0343. The second kappa shape index (κ2) is 5.75. The van der Waals surface area contributed by atoms with Crippen molar-refractivity contribution in [1.29, 1.82) is 0 Å². The lowest BCUT2D eigenvalue weighted by Gasteiger charge is -2.08. The van der Waals surface area contributed by atoms with Gasteiger partial charge in [0, 0.05) is 6.42 Å². The van der Waals surface area contributed by atoms with Gasteiger partial charge >= 0.3 is 5.97 Å². The standard InChI is InChI=1S/C14H16N2O3S/c17-12(7-9-3-1-2-4-9)19-8-11-15-10-5-6-20-13(10)14(18)16-11/h5-6,9H,1-4,7-8H2,(H,15,16,18). The van der Waals surface area contributed by atoms with Crippen LogP contribution in [0.15, 0.2) is 16.2 Å². The van der Waals surface area contributed by atoms with Gasteiger partial charge in [-0.2, -0.15) is 0 Å². The first-order chi connectivity index (χ1) is 9.72. The van der Waals surface area contributed by atoms with Crippen molar-refractivity contribution in [3.63, 3.8) is 0 Å². The minimum Gasteiger partial charge on any atom is -0.458 e. The minimum atomic E-state index is -0.204. The van der Waals surface area contributed by atoms with Crippen LogP contribution in [0.5, 0.6) is 0 Å². The summed E-state index contributed by atoms with van der Waals surface area (Å²) in [5.41, 5.74) is 0.479. The van der Waals surface area contributed by atoms with Crippen LogP contribution in [-0.2, 0) is 16.1 Å². The van der Waals surface area contributed by atoms with Crippen LogP contribution in [0.3, 0.4) is 0 Å². The summed E-state index contributed by atoms with van der Waals surface area (Å²) in [6, 6.07) is 1.79. The first kappa shape index (κ1) is 13.3. The molecule has 0 radical (unpaired) electrons. The van der Waals surface area contributed by atoms with E-state index in [0.717, 1.165) is 12.8 Å². The van der Waals surface area contributed by atoms with Gasteiger partial charge in [-0.15, -0.1) is 11.3 Å². The number of rotatable bonds is 4. The molecule has 20 heavy (non-hydrogen) atoms. The molecule has 0 spiro atoms. The number of ether oxygens (including phenoxy) is 1. The Labute approximate surface area is 120 Å². The number of fused-ring (bicyclic) bond motifs is 1. The van der Waals surface area contributed by atoms with Gasteiger partial charge in [-0.3, -0.25) is 9.59 Å². The van der Waals surface area contributed by atoms with Gasteiger partial charge in [-0.25, -0.2) is 4.98 Å². The van der Waals surface area contributed by atoms with Gasteiger partial charge in [0.15, 0.2) is 0 Å². The number of esters is 1. The molecule has 6 heteroatoms. The van der Waals surface area contributed by atoms with Gasteiger partial charge in [0.2, 0.25) is 0 Å². The predicted octanol–water partition coefficient (Wildman–Crippen LogP) is 2.61. The lowest BCUT2D eigenvalue weighted by atomic mass is 10.1. The number of aromatic amines is 1. The van der Waals surface area contributed by atoms with Gasteiger partial charge in [0.05, 0.1) is 5.52 Å². The van der Waals surface area contributed by atoms with Crippen LogP contribution in [0.2, 0.25) is 0 Å². The number of hydrogen-bond donors (Lipinski definition) is 1. The number of carbonyl (C=O) groups is 1. The number of carbonyl (C=O) groups excluding carboxylic acids is 1. The maximum absolute atomic E-state index is 11.8. The van der Waals surface area contributed by atoms with Gasteiger partial charge in [0.25, 0.3) is 5.56 Å². The molecule has 2 aromatic rings. The number of nitrogens with one attached hydrogen (secondary N) is 1. The highest BCUT2D eigenvalue weighted by Crippen LogP contribution is 2.27. The Morgan fingerprint density at radius 3 is 3.05 bits per heavy atom. The summed E-state index contributed by atoms with van der Waals surface area (Å²) >= 11 is 1.35. The Balaban J connectivity index is 1.61. The van der Waals surface area contributed by atoms with E-state index in [0.29, 0.717) is 28.4 Å². The molecule has 3 rings (SSSR count). The molecule has 2 aromatic heterocycles. The van der Waals surface area contributed by atoms with Crippen molar-refractivity contribution in [2.24, 2.45) is 5.92 Å². The zero-order chi connectivity index (χ0) is 13.9. The van der Waals surface area contributed by atoms with Gasteiger partial charge < -0.3 is 9.72 Å². The average Bonchev–Trinajstić information content (AvgIpc) is 3.07. The third-order valence-corrected chi connectivity index (χ3v) is 4.57. The number of nitrogens with zero attached hydrogens (tertiary/aromatic N) is 1. The Morgan fingerprint density at radius 1 is 1.45 bits per heavy atom. The Hall–Kier alpha value is -1.69. The second-order valence-corrected chi connectivity index (χ2v) is 6.08. The molecule has 0 bridgehead atoms. The summed E-state index contributed by atoms with van der Waals surface area (Å²) in [7, 11) is 0. The SMILES string of the molecule is O=C(CC1CCCC1)OCc1nc2ccsc2c(=O)[nH]1. The third-order valence-electron chi connectivity index (χ3n) is 3.66. The van der Waals surface area contributed by atoms with E-state index < -0.39 is 0 Å². The lowest BCUT2D eigenvalue weighted by Crippen LogP contribution is -2.14. The van der Waals surface area contributed by atoms with E-state index in [2.05, 4.69) is 9.97 Å². The summed E-state index contributed by atoms with van der Waals surface area (Å²) in [6.07, 6.45) is 5.13. The Morgan fingerprint density at radius 2 is 2.25 bits per heavy atom. The lowest BCUT2D eigenvalue weighted by molar-refractivity contribution is -0.146. The van der Waals surface area contributed by atoms with Crippen molar-refractivity contribution < 1.29 is 9.53 Å². The van der Waals surface area contributed by atoms with E-state index in [-0.39, 0.29) is 18.1 Å². The summed E-state index contributed by atoms with van der Waals surface area (Å²) < 4.78 is 5.81. The number of aromatic nitrogens is 2. The summed E-state index contributed by atoms with van der Waals surface area (Å²) in [5, 5.41) is 1.82. The highest BCUT2D eigenvalue weighted by atomic mass is 32.1. The maximum atomic E-state index is 11.8. The van der Waals surface area contributed by atoms with Crippen molar-refractivity contribution in [1.82, 2.24) is 9.97 Å². The fourth-order valence-electron chi connectivity index (χ4n) is 2.65. The van der Waals surface area contributed by atoms with Crippen molar-refractivity contribution >= 4 is 27.5 Å². The van der Waals surface area contributed by atoms with Crippen molar-refractivity contribution in [2.75, 3.05) is 0 Å². The van der Waals surface area contributed by atoms with Crippen molar-refractivity contribution in [3.8, 4) is 0 Å². The normalized spacial score (nSPS) is 15.8. The van der Waals surface area contributed by atoms with Crippen LogP contribution in [-0.4, -0.2) is 15.9 Å². The van der Waals surface area contributed by atoms with Crippen LogP contribution in [0.4, 0.5) is 0 Å². The van der Waals surface area contributed by atoms with Crippen molar-refractivity contribution in [2.45, 2.75) is 38.7 Å². The molecule has 0 aromatic carbocycles. The zero-order valence-corrected chi connectivity index (χ0v) is 11.9. The van der Waals surface area contributed by atoms with Crippen LogP contribution < -0.4 is 5.56 Å². The zero-order valence-electron chi connectivity index (χ0n) is 11.1. The monoisotopic (exact) mass is 292 g/mol. The molecule has 1 aliphatic carbocycles. The first-order valence-electron chi connectivity index (χ1n) is 6.84. The van der Waals surface area contributed by atoms with Crippen LogP contribution in [0.25, 0.3) is 10.2 Å². The molecule has 106 valence electrons. The smallest absolute Gasteiger partial charge is 0.306 e. The maximum Gasteiger partial charge on any atom is 0.306 e. The van der Waals surface area contributed by atoms with E-state index in [4.69, 9.17) is 4.74 Å². The van der Waals surface area contributed by atoms with Crippen LogP contribution >= 0.6 is 11.3 Å². The Bertz CT molecular complexity index is 670. The topological polar surface area (TPSA) is 72.0 Å². The number of hydrogen-bond acceptors (Lipinski definition) is 5. The minimum absolute atomic E-state index is 0.0343. The quantitative estimate of drug-likeness (QED) is 0.879. The molecule has 0 atom stereocenters. The third kappa shape index (κ3) is 2.90. The number of H-pyrrole nitrogens is 1. The molecule has 5 nitrogen and oxygen atoms in total. The predicted molar refractivity (Wildman–Crippen MR) is 76.6 cm³/mol. The fourth-order valence-corrected chi connectivity index (χ4v) is 3.37. The molecule has 0 saturated heterocycles. The largest absolute Gasteiger partial charge is 0.458 e. The van der Waals surface area contributed by atoms with Crippen LogP contribution in [0.1, 0.15) is 37.9 Å². The molecule has 0 unspecified atom stereocenters. The summed E-state index contributed by atoms with van der Waals surface area (Å²) in [4.78, 5) is 30.4. The molecular formula is C14H16N2O3S. The molecule has 1 aliphatic rings. The molecule has 1 saturated carbocycles. The summed E-state index contributed by atoms with van der Waals surface area (Å²) in [5.74, 6) is 0.666. The van der Waals surface area contributed by atoms with Crippen LogP contribution in [0, 0.1) is 5.92 Å². The first-order valence-corrected chi connectivity index (χ1v) is 7.72. The van der Waals surface area contributed by atoms with E-state index in [1.165, 1.54) is 24.2 Å². The van der Waals surface area contributed by atoms with Crippen molar-refractivity contribution in [3.05, 3.63) is 27.6 Å². The Kier molecular flexibility index (Phi) is 3.82. The van der Waals surface area contributed by atoms with Gasteiger partial charge in [0.1, 0.15) is 17.1 Å². The van der Waals surface area contributed by atoms with Gasteiger partial charge in [-0.1, -0.05) is 12.8 Å². The van der Waals surface area contributed by atoms with E-state index in [1.807, 2.05) is 5.38 Å². The molecule has 0 amide bonds. The molecule has 1 fully saturated rings. The number of thiophene rings is 1. The molecule has 0 aliphatic heterocycles. The average molecular weight is 292 g/mol. The fraction of sp³-hybridized carbons (Fsp3) is 0.500. The molecule has 1 N–H and O–H groups in total. The highest BCUT2D eigenvalue weighted by Gasteiger charge is 2.19. The van der Waals surface area contributed by atoms with E-state index >= 15 is 0 Å². The van der Waals surface area contributed by atoms with Gasteiger partial charge in [-0.05, 0) is 30.2 Å².